The van der Waals surface area contributed by atoms with Gasteiger partial charge < -0.3 is 16.4 Å². The standard InChI is InChI=1S/C15H19N3O3/c1-9-2-4-10(5-3-9)8-12(14(16)20)18-15(21)11-6-7-13(19)17-11/h2-5,11-12H,6-8H2,1H3,(H2,16,20)(H,17,19)(H,18,21)/t11-,12+/m1/s1. The largest absolute Gasteiger partial charge is 0.368 e. The van der Waals surface area contributed by atoms with Crippen LogP contribution in [0.3, 0.4) is 0 Å². The summed E-state index contributed by atoms with van der Waals surface area (Å²) < 4.78 is 0. The van der Waals surface area contributed by atoms with E-state index >= 15 is 0 Å². The average Bonchev–Trinajstić information content (AvgIpc) is 2.87. The number of nitrogens with one attached hydrogen (secondary N) is 2. The Labute approximate surface area is 123 Å². The molecule has 0 aromatic heterocycles. The number of rotatable bonds is 5. The van der Waals surface area contributed by atoms with Crippen molar-refractivity contribution in [3.63, 3.8) is 0 Å². The van der Waals surface area contributed by atoms with Crippen molar-refractivity contribution >= 4 is 17.7 Å². The molecule has 6 heteroatoms. The van der Waals surface area contributed by atoms with Crippen LogP contribution in [-0.2, 0) is 20.8 Å². The van der Waals surface area contributed by atoms with Gasteiger partial charge in [-0.3, -0.25) is 14.4 Å². The number of nitrogens with two attached hydrogens (primary N) is 1. The molecule has 0 radical (unpaired) electrons. The number of amides is 3. The van der Waals surface area contributed by atoms with E-state index in [1.165, 1.54) is 0 Å². The molecule has 1 fully saturated rings. The topological polar surface area (TPSA) is 101 Å². The van der Waals surface area contributed by atoms with Crippen molar-refractivity contribution in [2.24, 2.45) is 5.73 Å². The highest BCUT2D eigenvalue weighted by molar-refractivity contribution is 5.93. The lowest BCUT2D eigenvalue weighted by molar-refractivity contribution is -0.129. The predicted octanol–water partition coefficient (Wildman–Crippen LogP) is -0.214. The van der Waals surface area contributed by atoms with E-state index in [0.29, 0.717) is 19.3 Å². The molecule has 6 nitrogen and oxygen atoms in total. The van der Waals surface area contributed by atoms with Crippen LogP contribution in [0.15, 0.2) is 24.3 Å². The number of primary amides is 1. The van der Waals surface area contributed by atoms with Crippen molar-refractivity contribution in [3.8, 4) is 0 Å². The molecule has 0 spiro atoms. The Hall–Kier alpha value is -2.37. The van der Waals surface area contributed by atoms with Gasteiger partial charge in [0, 0.05) is 12.8 Å². The third kappa shape index (κ3) is 4.05. The van der Waals surface area contributed by atoms with Crippen molar-refractivity contribution in [1.82, 2.24) is 10.6 Å². The van der Waals surface area contributed by atoms with Gasteiger partial charge in [-0.2, -0.15) is 0 Å². The van der Waals surface area contributed by atoms with E-state index in [2.05, 4.69) is 10.6 Å². The summed E-state index contributed by atoms with van der Waals surface area (Å²) in [7, 11) is 0. The van der Waals surface area contributed by atoms with Crippen LogP contribution in [0.2, 0.25) is 0 Å². The second-order valence-electron chi connectivity index (χ2n) is 5.31. The molecule has 4 N–H and O–H groups in total. The zero-order valence-electron chi connectivity index (χ0n) is 11.9. The Kier molecular flexibility index (Phi) is 4.57. The summed E-state index contributed by atoms with van der Waals surface area (Å²) >= 11 is 0. The highest BCUT2D eigenvalue weighted by Gasteiger charge is 2.29. The molecule has 0 saturated carbocycles. The Morgan fingerprint density at radius 1 is 1.38 bits per heavy atom. The molecule has 2 rings (SSSR count). The van der Waals surface area contributed by atoms with Gasteiger partial charge in [0.1, 0.15) is 12.1 Å². The first-order valence-electron chi connectivity index (χ1n) is 6.90. The van der Waals surface area contributed by atoms with Crippen LogP contribution in [0.4, 0.5) is 0 Å². The predicted molar refractivity (Wildman–Crippen MR) is 77.2 cm³/mol. The summed E-state index contributed by atoms with van der Waals surface area (Å²) in [4.78, 5) is 34.6. The molecule has 112 valence electrons. The summed E-state index contributed by atoms with van der Waals surface area (Å²) in [5.41, 5.74) is 7.38. The van der Waals surface area contributed by atoms with E-state index in [1.54, 1.807) is 0 Å². The smallest absolute Gasteiger partial charge is 0.243 e. The quantitative estimate of drug-likeness (QED) is 0.699. The fourth-order valence-electron chi connectivity index (χ4n) is 2.27. The van der Waals surface area contributed by atoms with E-state index in [0.717, 1.165) is 11.1 Å². The third-order valence-electron chi connectivity index (χ3n) is 3.53. The molecule has 0 bridgehead atoms. The molecule has 0 unspecified atom stereocenters. The molecule has 0 aliphatic carbocycles. The fourth-order valence-corrected chi connectivity index (χ4v) is 2.27. The molecule has 1 saturated heterocycles. The average molecular weight is 289 g/mol. The maximum atomic E-state index is 12.0. The summed E-state index contributed by atoms with van der Waals surface area (Å²) in [5, 5.41) is 5.18. The van der Waals surface area contributed by atoms with E-state index in [4.69, 9.17) is 5.73 Å². The van der Waals surface area contributed by atoms with Gasteiger partial charge >= 0.3 is 0 Å². The van der Waals surface area contributed by atoms with Crippen LogP contribution in [-0.4, -0.2) is 29.8 Å². The number of carbonyl (C=O) groups is 3. The van der Waals surface area contributed by atoms with E-state index in [-0.39, 0.29) is 11.8 Å². The molecule has 1 aromatic rings. The zero-order valence-corrected chi connectivity index (χ0v) is 11.9. The summed E-state index contributed by atoms with van der Waals surface area (Å²) in [6.07, 6.45) is 1.11. The Morgan fingerprint density at radius 3 is 2.57 bits per heavy atom. The maximum absolute atomic E-state index is 12.0. The number of hydrogen-bond donors (Lipinski definition) is 3. The van der Waals surface area contributed by atoms with Gasteiger partial charge in [-0.05, 0) is 18.9 Å². The molecule has 2 atom stereocenters. The maximum Gasteiger partial charge on any atom is 0.243 e. The van der Waals surface area contributed by atoms with Crippen LogP contribution in [0, 0.1) is 6.92 Å². The number of hydrogen-bond acceptors (Lipinski definition) is 3. The Morgan fingerprint density at radius 2 is 2.05 bits per heavy atom. The Balaban J connectivity index is 1.99. The number of aryl methyl sites for hydroxylation is 1. The first-order valence-corrected chi connectivity index (χ1v) is 6.90. The minimum atomic E-state index is -0.780. The van der Waals surface area contributed by atoms with Crippen molar-refractivity contribution in [2.45, 2.75) is 38.3 Å². The summed E-state index contributed by atoms with van der Waals surface area (Å²) in [5.74, 6) is -1.10. The summed E-state index contributed by atoms with van der Waals surface area (Å²) in [6.45, 7) is 1.97. The highest BCUT2D eigenvalue weighted by Crippen LogP contribution is 2.09. The minimum absolute atomic E-state index is 0.149. The molecule has 21 heavy (non-hydrogen) atoms. The number of benzene rings is 1. The Bertz CT molecular complexity index is 554. The normalized spacial score (nSPS) is 18.9. The van der Waals surface area contributed by atoms with Gasteiger partial charge in [-0.15, -0.1) is 0 Å². The van der Waals surface area contributed by atoms with E-state index < -0.39 is 18.0 Å². The lowest BCUT2D eigenvalue weighted by Gasteiger charge is -2.18. The molecule has 1 aliphatic rings. The van der Waals surface area contributed by atoms with Crippen molar-refractivity contribution in [2.75, 3.05) is 0 Å². The van der Waals surface area contributed by atoms with Gasteiger partial charge in [0.25, 0.3) is 0 Å². The fraction of sp³-hybridized carbons (Fsp3) is 0.400. The first kappa shape index (κ1) is 15.0. The van der Waals surface area contributed by atoms with Crippen LogP contribution in [0.5, 0.6) is 0 Å². The van der Waals surface area contributed by atoms with Gasteiger partial charge in [0.05, 0.1) is 0 Å². The van der Waals surface area contributed by atoms with Gasteiger partial charge in [0.2, 0.25) is 17.7 Å². The minimum Gasteiger partial charge on any atom is -0.368 e. The second kappa shape index (κ2) is 6.39. The molecule has 1 aliphatic heterocycles. The van der Waals surface area contributed by atoms with Crippen LogP contribution in [0.25, 0.3) is 0 Å². The lowest BCUT2D eigenvalue weighted by Crippen LogP contribution is -2.51. The number of carbonyl (C=O) groups excluding carboxylic acids is 3. The van der Waals surface area contributed by atoms with Crippen molar-refractivity contribution < 1.29 is 14.4 Å². The van der Waals surface area contributed by atoms with Crippen LogP contribution in [0.1, 0.15) is 24.0 Å². The van der Waals surface area contributed by atoms with Crippen LogP contribution < -0.4 is 16.4 Å². The summed E-state index contributed by atoms with van der Waals surface area (Å²) in [6, 6.07) is 6.32. The van der Waals surface area contributed by atoms with Gasteiger partial charge in [-0.25, -0.2) is 0 Å². The molecule has 3 amide bonds. The monoisotopic (exact) mass is 289 g/mol. The van der Waals surface area contributed by atoms with Gasteiger partial charge in [0.15, 0.2) is 0 Å². The molecular formula is C15H19N3O3. The van der Waals surface area contributed by atoms with Crippen molar-refractivity contribution in [3.05, 3.63) is 35.4 Å². The highest BCUT2D eigenvalue weighted by atomic mass is 16.2. The SMILES string of the molecule is Cc1ccc(C[C@H](NC(=O)[C@H]2CCC(=O)N2)C(N)=O)cc1. The molecular weight excluding hydrogens is 270 g/mol. The molecule has 1 heterocycles. The third-order valence-corrected chi connectivity index (χ3v) is 3.53. The zero-order chi connectivity index (χ0) is 15.4. The van der Waals surface area contributed by atoms with E-state index in [9.17, 15) is 14.4 Å². The second-order valence-corrected chi connectivity index (χ2v) is 5.31. The van der Waals surface area contributed by atoms with Crippen LogP contribution >= 0.6 is 0 Å². The van der Waals surface area contributed by atoms with Gasteiger partial charge in [-0.1, -0.05) is 29.8 Å². The molecule has 1 aromatic carbocycles. The lowest BCUT2D eigenvalue weighted by atomic mass is 10.0. The van der Waals surface area contributed by atoms with E-state index in [1.807, 2.05) is 31.2 Å². The first-order chi connectivity index (χ1) is 9.95. The van der Waals surface area contributed by atoms with Crippen molar-refractivity contribution in [1.29, 1.82) is 0 Å².